The van der Waals surface area contributed by atoms with E-state index >= 15 is 0 Å². The smallest absolute Gasteiger partial charge is 0.407 e. The Kier molecular flexibility index (Phi) is 5.67. The van der Waals surface area contributed by atoms with Crippen molar-refractivity contribution in [2.45, 2.75) is 32.7 Å². The number of carbonyl (C=O) groups is 3. The lowest BCUT2D eigenvalue weighted by Crippen LogP contribution is -2.47. The fourth-order valence-electron chi connectivity index (χ4n) is 4.87. The van der Waals surface area contributed by atoms with Crippen LogP contribution in [-0.4, -0.2) is 53.7 Å². The Hall–Kier alpha value is -3.35. The fourth-order valence-corrected chi connectivity index (χ4v) is 4.87. The molecule has 0 spiro atoms. The monoisotopic (exact) mass is 436 g/mol. The second-order valence-electron chi connectivity index (χ2n) is 9.29. The van der Waals surface area contributed by atoms with Crippen LogP contribution in [0.5, 0.6) is 0 Å². The highest BCUT2D eigenvalue weighted by Crippen LogP contribution is 2.44. The van der Waals surface area contributed by atoms with E-state index < -0.39 is 29.4 Å². The maximum absolute atomic E-state index is 12.8. The highest BCUT2D eigenvalue weighted by Gasteiger charge is 2.46. The van der Waals surface area contributed by atoms with Gasteiger partial charge in [-0.3, -0.25) is 9.59 Å². The minimum atomic E-state index is -0.914. The van der Waals surface area contributed by atoms with Crippen LogP contribution >= 0.6 is 0 Å². The summed E-state index contributed by atoms with van der Waals surface area (Å²) < 4.78 is 5.51. The van der Waals surface area contributed by atoms with Crippen molar-refractivity contribution in [2.75, 3.05) is 19.7 Å². The number of nitrogens with one attached hydrogen (secondary N) is 1. The highest BCUT2D eigenvalue weighted by atomic mass is 16.5. The lowest BCUT2D eigenvalue weighted by molar-refractivity contribution is -0.144. The van der Waals surface area contributed by atoms with Crippen LogP contribution in [0.15, 0.2) is 48.5 Å². The van der Waals surface area contributed by atoms with E-state index in [2.05, 4.69) is 17.4 Å². The number of fused-ring (bicyclic) bond motifs is 3. The van der Waals surface area contributed by atoms with E-state index in [1.807, 2.05) is 50.2 Å². The zero-order valence-electron chi connectivity index (χ0n) is 18.5. The molecule has 4 rings (SSSR count). The molecule has 1 fully saturated rings. The van der Waals surface area contributed by atoms with Crippen LogP contribution < -0.4 is 5.32 Å². The minimum Gasteiger partial charge on any atom is -0.481 e. The molecule has 2 atom stereocenters. The van der Waals surface area contributed by atoms with Crippen LogP contribution in [0.1, 0.15) is 37.8 Å². The van der Waals surface area contributed by atoms with E-state index in [9.17, 15) is 19.5 Å². The number of hydrogen-bond acceptors (Lipinski definition) is 4. The van der Waals surface area contributed by atoms with Crippen molar-refractivity contribution in [3.63, 3.8) is 0 Å². The van der Waals surface area contributed by atoms with Crippen molar-refractivity contribution in [3.8, 4) is 11.1 Å². The van der Waals surface area contributed by atoms with Crippen molar-refractivity contribution >= 4 is 18.0 Å². The van der Waals surface area contributed by atoms with Crippen molar-refractivity contribution in [1.29, 1.82) is 0 Å². The number of aliphatic carboxylic acids is 1. The zero-order chi connectivity index (χ0) is 23.0. The number of ether oxygens (including phenoxy) is 1. The molecule has 7 nitrogen and oxygen atoms in total. The average Bonchev–Trinajstić information content (AvgIpc) is 3.26. The Balaban J connectivity index is 1.37. The Morgan fingerprint density at radius 3 is 2.19 bits per heavy atom. The van der Waals surface area contributed by atoms with Crippen LogP contribution in [-0.2, 0) is 14.3 Å². The largest absolute Gasteiger partial charge is 0.481 e. The third-order valence-electron chi connectivity index (χ3n) is 6.60. The van der Waals surface area contributed by atoms with Gasteiger partial charge in [0, 0.05) is 19.0 Å². The number of likely N-dealkylation sites (tertiary alicyclic amines) is 1. The first-order valence-corrected chi connectivity index (χ1v) is 10.8. The Morgan fingerprint density at radius 2 is 1.66 bits per heavy atom. The van der Waals surface area contributed by atoms with Crippen molar-refractivity contribution in [2.24, 2.45) is 11.3 Å². The average molecular weight is 437 g/mol. The number of benzene rings is 2. The topological polar surface area (TPSA) is 95.9 Å². The summed E-state index contributed by atoms with van der Waals surface area (Å²) in [7, 11) is 0. The molecule has 0 bridgehead atoms. The van der Waals surface area contributed by atoms with E-state index in [-0.39, 0.29) is 25.0 Å². The summed E-state index contributed by atoms with van der Waals surface area (Å²) in [5, 5.41) is 12.0. The third kappa shape index (κ3) is 3.95. The molecule has 168 valence electrons. The van der Waals surface area contributed by atoms with Gasteiger partial charge in [0.1, 0.15) is 12.6 Å². The van der Waals surface area contributed by atoms with Crippen LogP contribution in [0.25, 0.3) is 11.1 Å². The SMILES string of the molecule is C[C@H](NC(=O)OCC1c2ccccc2-c2ccccc21)C(=O)N1CC(C(=O)O)C(C)(C)C1. The van der Waals surface area contributed by atoms with Gasteiger partial charge in [0.2, 0.25) is 5.91 Å². The van der Waals surface area contributed by atoms with Gasteiger partial charge >= 0.3 is 12.1 Å². The van der Waals surface area contributed by atoms with Gasteiger partial charge < -0.3 is 20.1 Å². The second kappa shape index (κ2) is 8.30. The van der Waals surface area contributed by atoms with Gasteiger partial charge in [0.25, 0.3) is 0 Å². The number of carboxylic acids is 1. The van der Waals surface area contributed by atoms with Crippen LogP contribution in [0.4, 0.5) is 4.79 Å². The molecule has 2 amide bonds. The molecular weight excluding hydrogens is 408 g/mol. The molecule has 1 aliphatic heterocycles. The fraction of sp³-hybridized carbons (Fsp3) is 0.400. The molecular formula is C25H28N2O5. The summed E-state index contributed by atoms with van der Waals surface area (Å²) in [5.41, 5.74) is 4.00. The lowest BCUT2D eigenvalue weighted by Gasteiger charge is -2.24. The third-order valence-corrected chi connectivity index (χ3v) is 6.60. The predicted molar refractivity (Wildman–Crippen MR) is 119 cm³/mol. The van der Waals surface area contributed by atoms with Gasteiger partial charge in [-0.1, -0.05) is 62.4 Å². The molecule has 1 unspecified atom stereocenters. The zero-order valence-corrected chi connectivity index (χ0v) is 18.5. The van der Waals surface area contributed by atoms with Crippen molar-refractivity contribution in [3.05, 3.63) is 59.7 Å². The molecule has 1 saturated heterocycles. The molecule has 0 radical (unpaired) electrons. The van der Waals surface area contributed by atoms with Gasteiger partial charge in [0.05, 0.1) is 5.92 Å². The summed E-state index contributed by atoms with van der Waals surface area (Å²) in [6.45, 7) is 5.90. The van der Waals surface area contributed by atoms with Gasteiger partial charge in [0.15, 0.2) is 0 Å². The molecule has 7 heteroatoms. The van der Waals surface area contributed by atoms with Crippen molar-refractivity contribution in [1.82, 2.24) is 10.2 Å². The molecule has 0 aromatic heterocycles. The quantitative estimate of drug-likeness (QED) is 0.748. The molecule has 2 aliphatic rings. The first kappa shape index (κ1) is 21.9. The summed E-state index contributed by atoms with van der Waals surface area (Å²) in [5.74, 6) is -1.92. The molecule has 2 aromatic rings. The molecule has 1 heterocycles. The standard InChI is InChI=1S/C25H28N2O5/c1-15(22(28)27-12-21(23(29)30)25(2,3)14-27)26-24(31)32-13-20-18-10-6-4-8-16(18)17-9-5-7-11-19(17)20/h4-11,15,20-21H,12-14H2,1-3H3,(H,26,31)(H,29,30)/t15-,21?/m0/s1. The molecule has 0 saturated carbocycles. The number of nitrogens with zero attached hydrogens (tertiary/aromatic N) is 1. The molecule has 32 heavy (non-hydrogen) atoms. The maximum atomic E-state index is 12.8. The summed E-state index contributed by atoms with van der Waals surface area (Å²) in [6.07, 6.45) is -0.666. The van der Waals surface area contributed by atoms with Crippen LogP contribution in [0.3, 0.4) is 0 Å². The predicted octanol–water partition coefficient (Wildman–Crippen LogP) is 3.48. The number of rotatable bonds is 5. The van der Waals surface area contributed by atoms with Gasteiger partial charge in [-0.05, 0) is 34.6 Å². The molecule has 2 aromatic carbocycles. The van der Waals surface area contributed by atoms with E-state index in [0.717, 1.165) is 22.3 Å². The number of hydrogen-bond donors (Lipinski definition) is 2. The van der Waals surface area contributed by atoms with Crippen molar-refractivity contribution < 1.29 is 24.2 Å². The van der Waals surface area contributed by atoms with Gasteiger partial charge in [-0.25, -0.2) is 4.79 Å². The highest BCUT2D eigenvalue weighted by molar-refractivity contribution is 5.86. The van der Waals surface area contributed by atoms with E-state index in [0.29, 0.717) is 6.54 Å². The Bertz CT molecular complexity index is 1020. The summed E-state index contributed by atoms with van der Waals surface area (Å²) >= 11 is 0. The Morgan fingerprint density at radius 1 is 1.09 bits per heavy atom. The first-order chi connectivity index (χ1) is 15.2. The van der Waals surface area contributed by atoms with Gasteiger partial charge in [-0.2, -0.15) is 0 Å². The summed E-state index contributed by atoms with van der Waals surface area (Å²) in [6, 6.07) is 15.3. The minimum absolute atomic E-state index is 0.0603. The normalized spacial score (nSPS) is 19.7. The molecule has 2 N–H and O–H groups in total. The first-order valence-electron chi connectivity index (χ1n) is 10.8. The lowest BCUT2D eigenvalue weighted by atomic mass is 9.82. The van der Waals surface area contributed by atoms with E-state index in [1.54, 1.807) is 6.92 Å². The van der Waals surface area contributed by atoms with Crippen LogP contribution in [0.2, 0.25) is 0 Å². The van der Waals surface area contributed by atoms with Gasteiger partial charge in [-0.15, -0.1) is 0 Å². The number of amides is 2. The Labute approximate surface area is 187 Å². The number of carbonyl (C=O) groups excluding carboxylic acids is 2. The van der Waals surface area contributed by atoms with Crippen LogP contribution in [0, 0.1) is 11.3 Å². The number of alkyl carbamates (subject to hydrolysis) is 1. The van der Waals surface area contributed by atoms with E-state index in [1.165, 1.54) is 4.90 Å². The summed E-state index contributed by atoms with van der Waals surface area (Å²) in [4.78, 5) is 38.2. The maximum Gasteiger partial charge on any atom is 0.407 e. The van der Waals surface area contributed by atoms with E-state index in [4.69, 9.17) is 4.74 Å². The molecule has 1 aliphatic carbocycles. The number of carboxylic acid groups (broad SMARTS) is 1. The second-order valence-corrected chi connectivity index (χ2v) is 9.29.